The molecule has 0 bridgehead atoms. The van der Waals surface area contributed by atoms with Crippen LogP contribution in [0.15, 0.2) is 36.4 Å². The monoisotopic (exact) mass is 310 g/mol. The molecule has 0 aliphatic rings. The van der Waals surface area contributed by atoms with Crippen molar-refractivity contribution in [3.05, 3.63) is 56.7 Å². The van der Waals surface area contributed by atoms with E-state index in [-0.39, 0.29) is 13.2 Å². The fraction of sp³-hybridized carbons (Fsp3) is 0.375. The Balaban J connectivity index is 2.31. The molecule has 0 unspecified atom stereocenters. The van der Waals surface area contributed by atoms with Crippen molar-refractivity contribution in [1.29, 1.82) is 0 Å². The largest absolute Gasteiger partial charge is 0.395 e. The van der Waals surface area contributed by atoms with Gasteiger partial charge >= 0.3 is 0 Å². The van der Waals surface area contributed by atoms with Crippen LogP contribution in [0, 0.1) is 0 Å². The Hall–Kier alpha value is -0.870. The lowest BCUT2D eigenvalue weighted by Crippen LogP contribution is -2.37. The van der Waals surface area contributed by atoms with E-state index in [0.717, 1.165) is 12.0 Å². The van der Waals surface area contributed by atoms with Gasteiger partial charge in [0.25, 0.3) is 0 Å². The summed E-state index contributed by atoms with van der Waals surface area (Å²) >= 11 is 7.65. The highest BCUT2D eigenvalue weighted by atomic mass is 35.5. The first-order valence-corrected chi connectivity index (χ1v) is 7.88. The zero-order chi connectivity index (χ0) is 14.6. The van der Waals surface area contributed by atoms with Gasteiger partial charge in [0, 0.05) is 20.2 Å². The van der Waals surface area contributed by atoms with E-state index in [4.69, 9.17) is 11.6 Å². The number of aliphatic hydroxyl groups is 2. The van der Waals surface area contributed by atoms with Crippen LogP contribution < -0.4 is 0 Å². The van der Waals surface area contributed by atoms with E-state index in [9.17, 15) is 10.2 Å². The first-order valence-electron chi connectivity index (χ1n) is 6.69. The first kappa shape index (κ1) is 15.5. The van der Waals surface area contributed by atoms with Crippen molar-refractivity contribution in [2.75, 3.05) is 13.2 Å². The zero-order valence-corrected chi connectivity index (χ0v) is 13.0. The molecule has 0 fully saturated rings. The van der Waals surface area contributed by atoms with Crippen LogP contribution in [-0.2, 0) is 18.3 Å². The number of thiophene rings is 1. The van der Waals surface area contributed by atoms with Crippen LogP contribution in [0.1, 0.15) is 22.2 Å². The Morgan fingerprint density at radius 3 is 2.10 bits per heavy atom. The van der Waals surface area contributed by atoms with Gasteiger partial charge in [-0.05, 0) is 42.7 Å². The number of halogens is 1. The lowest BCUT2D eigenvalue weighted by molar-refractivity contribution is 0.117. The Labute approximate surface area is 128 Å². The highest BCUT2D eigenvalue weighted by Gasteiger charge is 2.31. The van der Waals surface area contributed by atoms with Crippen molar-refractivity contribution in [3.8, 4) is 0 Å². The molecule has 1 heterocycles. The zero-order valence-electron chi connectivity index (χ0n) is 11.5. The van der Waals surface area contributed by atoms with E-state index >= 15 is 0 Å². The van der Waals surface area contributed by atoms with Crippen LogP contribution in [0.25, 0.3) is 0 Å². The second-order valence-electron chi connectivity index (χ2n) is 5.00. The highest BCUT2D eigenvalue weighted by molar-refractivity contribution is 7.12. The van der Waals surface area contributed by atoms with Gasteiger partial charge in [-0.25, -0.2) is 0 Å². The summed E-state index contributed by atoms with van der Waals surface area (Å²) in [6.07, 6.45) is 1.64. The summed E-state index contributed by atoms with van der Waals surface area (Å²) in [7, 11) is 0. The van der Waals surface area contributed by atoms with Gasteiger partial charge in [-0.1, -0.05) is 30.7 Å². The number of benzene rings is 1. The molecule has 1 aromatic heterocycles. The van der Waals surface area contributed by atoms with Gasteiger partial charge in [0.05, 0.1) is 13.2 Å². The van der Waals surface area contributed by atoms with Crippen LogP contribution in [0.2, 0.25) is 5.02 Å². The molecule has 0 amide bonds. The molecule has 0 saturated carbocycles. The van der Waals surface area contributed by atoms with Crippen molar-refractivity contribution >= 4 is 22.9 Å². The predicted octanol–water partition coefficient (Wildman–Crippen LogP) is 3.43. The average Bonchev–Trinajstić information content (AvgIpc) is 2.93. The van der Waals surface area contributed by atoms with Crippen LogP contribution in [0.3, 0.4) is 0 Å². The first-order chi connectivity index (χ1) is 9.63. The topological polar surface area (TPSA) is 40.5 Å². The van der Waals surface area contributed by atoms with Gasteiger partial charge in [0.1, 0.15) is 0 Å². The Kier molecular flexibility index (Phi) is 5.22. The number of hydrogen-bond acceptors (Lipinski definition) is 3. The quantitative estimate of drug-likeness (QED) is 0.858. The number of aryl methyl sites for hydroxylation is 1. The van der Waals surface area contributed by atoms with Crippen LogP contribution >= 0.6 is 22.9 Å². The molecule has 0 atom stereocenters. The third-order valence-electron chi connectivity index (χ3n) is 3.64. The number of rotatable bonds is 6. The SMILES string of the molecule is CCc1ccc(CC(CO)(CO)c2ccc(Cl)cc2)s1. The predicted molar refractivity (Wildman–Crippen MR) is 84.7 cm³/mol. The molecule has 0 radical (unpaired) electrons. The summed E-state index contributed by atoms with van der Waals surface area (Å²) in [6, 6.07) is 11.5. The van der Waals surface area contributed by atoms with Crippen molar-refractivity contribution in [2.24, 2.45) is 0 Å². The Morgan fingerprint density at radius 2 is 1.60 bits per heavy atom. The summed E-state index contributed by atoms with van der Waals surface area (Å²) in [5.74, 6) is 0. The smallest absolute Gasteiger partial charge is 0.0553 e. The molecule has 1 aromatic carbocycles. The van der Waals surface area contributed by atoms with E-state index in [0.29, 0.717) is 11.4 Å². The molecule has 0 aliphatic carbocycles. The number of aliphatic hydroxyl groups excluding tert-OH is 2. The van der Waals surface area contributed by atoms with E-state index in [1.807, 2.05) is 12.1 Å². The Bertz CT molecular complexity index is 544. The van der Waals surface area contributed by atoms with Crippen molar-refractivity contribution in [3.63, 3.8) is 0 Å². The minimum atomic E-state index is -0.652. The summed E-state index contributed by atoms with van der Waals surface area (Å²) in [5.41, 5.74) is 0.263. The third kappa shape index (κ3) is 3.23. The molecule has 2 rings (SSSR count). The molecule has 20 heavy (non-hydrogen) atoms. The standard InChI is InChI=1S/C16H19ClO2S/c1-2-14-7-8-15(20-14)9-16(10-18,11-19)12-3-5-13(17)6-4-12/h3-8,18-19H,2,9-11H2,1H3. The van der Waals surface area contributed by atoms with Gasteiger partial charge in [0.2, 0.25) is 0 Å². The molecule has 0 aliphatic heterocycles. The number of hydrogen-bond donors (Lipinski definition) is 2. The second-order valence-corrected chi connectivity index (χ2v) is 6.69. The normalized spacial score (nSPS) is 11.8. The highest BCUT2D eigenvalue weighted by Crippen LogP contribution is 2.31. The summed E-state index contributed by atoms with van der Waals surface area (Å²) in [5, 5.41) is 20.3. The molecular formula is C16H19ClO2S. The molecular weight excluding hydrogens is 292 g/mol. The maximum absolute atomic E-state index is 9.84. The maximum Gasteiger partial charge on any atom is 0.0553 e. The van der Waals surface area contributed by atoms with Crippen molar-refractivity contribution in [2.45, 2.75) is 25.2 Å². The lowest BCUT2D eigenvalue weighted by atomic mass is 9.78. The molecule has 108 valence electrons. The van der Waals surface area contributed by atoms with E-state index < -0.39 is 5.41 Å². The lowest BCUT2D eigenvalue weighted by Gasteiger charge is -2.30. The molecule has 2 N–H and O–H groups in total. The van der Waals surface area contributed by atoms with E-state index in [1.54, 1.807) is 23.5 Å². The van der Waals surface area contributed by atoms with Gasteiger partial charge in [-0.15, -0.1) is 11.3 Å². The minimum absolute atomic E-state index is 0.0928. The Morgan fingerprint density at radius 1 is 1.00 bits per heavy atom. The average molecular weight is 311 g/mol. The fourth-order valence-electron chi connectivity index (χ4n) is 2.29. The summed E-state index contributed by atoms with van der Waals surface area (Å²) in [4.78, 5) is 2.50. The van der Waals surface area contributed by atoms with E-state index in [2.05, 4.69) is 19.1 Å². The van der Waals surface area contributed by atoms with Crippen LogP contribution in [-0.4, -0.2) is 23.4 Å². The molecule has 2 aromatic rings. The molecule has 0 spiro atoms. The van der Waals surface area contributed by atoms with Gasteiger partial charge in [-0.3, -0.25) is 0 Å². The summed E-state index contributed by atoms with van der Waals surface area (Å²) < 4.78 is 0. The maximum atomic E-state index is 9.84. The fourth-order valence-corrected chi connectivity index (χ4v) is 3.52. The third-order valence-corrected chi connectivity index (χ3v) is 5.12. The van der Waals surface area contributed by atoms with Gasteiger partial charge < -0.3 is 10.2 Å². The van der Waals surface area contributed by atoms with E-state index in [1.165, 1.54) is 9.75 Å². The molecule has 4 heteroatoms. The molecule has 0 saturated heterocycles. The van der Waals surface area contributed by atoms with Crippen molar-refractivity contribution < 1.29 is 10.2 Å². The molecule has 2 nitrogen and oxygen atoms in total. The second kappa shape index (κ2) is 6.72. The van der Waals surface area contributed by atoms with Crippen LogP contribution in [0.4, 0.5) is 0 Å². The summed E-state index contributed by atoms with van der Waals surface area (Å²) in [6.45, 7) is 1.94. The van der Waals surface area contributed by atoms with Crippen LogP contribution in [0.5, 0.6) is 0 Å². The minimum Gasteiger partial charge on any atom is -0.395 e. The van der Waals surface area contributed by atoms with Gasteiger partial charge in [0.15, 0.2) is 0 Å². The van der Waals surface area contributed by atoms with Gasteiger partial charge in [-0.2, -0.15) is 0 Å². The van der Waals surface area contributed by atoms with Crippen molar-refractivity contribution in [1.82, 2.24) is 0 Å².